The average molecular weight is 274 g/mol. The summed E-state index contributed by atoms with van der Waals surface area (Å²) in [7, 11) is 1.63. The second-order valence-corrected chi connectivity index (χ2v) is 4.26. The van der Waals surface area contributed by atoms with E-state index < -0.39 is 0 Å². The van der Waals surface area contributed by atoms with Crippen LogP contribution in [0.4, 0.5) is 4.39 Å². The highest BCUT2D eigenvalue weighted by atomic mass is 35.5. The van der Waals surface area contributed by atoms with E-state index in [1.165, 1.54) is 12.1 Å². The van der Waals surface area contributed by atoms with Crippen molar-refractivity contribution in [3.05, 3.63) is 41.2 Å². The molecule has 0 aliphatic heterocycles. The molecule has 0 fully saturated rings. The van der Waals surface area contributed by atoms with E-state index in [2.05, 4.69) is 11.9 Å². The van der Waals surface area contributed by atoms with E-state index in [1.54, 1.807) is 13.2 Å². The molecule has 0 saturated carbocycles. The summed E-state index contributed by atoms with van der Waals surface area (Å²) in [5.74, 6) is 0.304. The molecular weight excluding hydrogens is 257 g/mol. The Labute approximate surface area is 112 Å². The van der Waals surface area contributed by atoms with Gasteiger partial charge in [0.25, 0.3) is 0 Å². The zero-order valence-electron chi connectivity index (χ0n) is 10.3. The lowest BCUT2D eigenvalue weighted by atomic mass is 10.2. The maximum Gasteiger partial charge on any atom is 0.124 e. The first-order valence-corrected chi connectivity index (χ1v) is 5.95. The molecule has 0 radical (unpaired) electrons. The molecule has 0 atom stereocenters. The highest BCUT2D eigenvalue weighted by Crippen LogP contribution is 2.20. The van der Waals surface area contributed by atoms with Crippen LogP contribution in [0.5, 0.6) is 5.75 Å². The van der Waals surface area contributed by atoms with Crippen molar-refractivity contribution >= 4 is 11.6 Å². The van der Waals surface area contributed by atoms with Gasteiger partial charge in [0, 0.05) is 30.8 Å². The van der Waals surface area contributed by atoms with Crippen LogP contribution in [0.2, 0.25) is 0 Å². The highest BCUT2D eigenvalue weighted by molar-refractivity contribution is 6.29. The zero-order chi connectivity index (χ0) is 13.4. The van der Waals surface area contributed by atoms with Crippen LogP contribution in [-0.4, -0.2) is 26.9 Å². The van der Waals surface area contributed by atoms with Crippen LogP contribution in [-0.2, 0) is 11.3 Å². The SMILES string of the molecule is C=C(Cl)COc1ccc(F)cc1CNCCOC. The Kier molecular flexibility index (Phi) is 6.72. The third-order valence-electron chi connectivity index (χ3n) is 2.21. The number of benzene rings is 1. The van der Waals surface area contributed by atoms with Gasteiger partial charge in [0.1, 0.15) is 18.2 Å². The molecule has 1 aromatic rings. The molecule has 1 aromatic carbocycles. The van der Waals surface area contributed by atoms with Gasteiger partial charge in [0.2, 0.25) is 0 Å². The normalized spacial score (nSPS) is 10.4. The van der Waals surface area contributed by atoms with Gasteiger partial charge >= 0.3 is 0 Å². The molecule has 1 N–H and O–H groups in total. The number of methoxy groups -OCH3 is 1. The Bertz CT molecular complexity index is 399. The van der Waals surface area contributed by atoms with Crippen LogP contribution >= 0.6 is 11.6 Å². The Hall–Kier alpha value is -1.10. The van der Waals surface area contributed by atoms with Gasteiger partial charge < -0.3 is 14.8 Å². The topological polar surface area (TPSA) is 30.5 Å². The molecule has 3 nitrogen and oxygen atoms in total. The van der Waals surface area contributed by atoms with Crippen LogP contribution in [0, 0.1) is 5.82 Å². The van der Waals surface area contributed by atoms with Crippen LogP contribution in [0.15, 0.2) is 29.8 Å². The fourth-order valence-corrected chi connectivity index (χ4v) is 1.43. The monoisotopic (exact) mass is 273 g/mol. The van der Waals surface area contributed by atoms with Gasteiger partial charge in [-0.2, -0.15) is 0 Å². The molecule has 18 heavy (non-hydrogen) atoms. The third kappa shape index (κ3) is 5.49. The second-order valence-electron chi connectivity index (χ2n) is 3.73. The molecule has 0 aromatic heterocycles. The van der Waals surface area contributed by atoms with Crippen LogP contribution < -0.4 is 10.1 Å². The maximum absolute atomic E-state index is 13.2. The lowest BCUT2D eigenvalue weighted by molar-refractivity contribution is 0.199. The average Bonchev–Trinajstić information content (AvgIpc) is 2.33. The Morgan fingerprint density at radius 3 is 2.94 bits per heavy atom. The van der Waals surface area contributed by atoms with E-state index in [0.29, 0.717) is 30.5 Å². The minimum atomic E-state index is -0.296. The van der Waals surface area contributed by atoms with E-state index in [4.69, 9.17) is 21.1 Å². The van der Waals surface area contributed by atoms with Crippen LogP contribution in [0.3, 0.4) is 0 Å². The first-order chi connectivity index (χ1) is 8.63. The fourth-order valence-electron chi connectivity index (χ4n) is 1.38. The van der Waals surface area contributed by atoms with Crippen molar-refractivity contribution in [1.82, 2.24) is 5.32 Å². The van der Waals surface area contributed by atoms with Gasteiger partial charge in [-0.05, 0) is 18.2 Å². The first-order valence-electron chi connectivity index (χ1n) is 5.57. The summed E-state index contributed by atoms with van der Waals surface area (Å²) in [4.78, 5) is 0. The van der Waals surface area contributed by atoms with Crippen molar-refractivity contribution < 1.29 is 13.9 Å². The smallest absolute Gasteiger partial charge is 0.124 e. The van der Waals surface area contributed by atoms with E-state index in [0.717, 1.165) is 5.56 Å². The van der Waals surface area contributed by atoms with E-state index in [9.17, 15) is 4.39 Å². The molecule has 0 aliphatic rings. The lowest BCUT2D eigenvalue weighted by Gasteiger charge is -2.12. The number of halogens is 2. The summed E-state index contributed by atoms with van der Waals surface area (Å²) in [6.07, 6.45) is 0. The van der Waals surface area contributed by atoms with Crippen molar-refractivity contribution in [3.63, 3.8) is 0 Å². The molecule has 0 bridgehead atoms. The second kappa shape index (κ2) is 8.08. The minimum absolute atomic E-state index is 0.207. The van der Waals surface area contributed by atoms with Crippen molar-refractivity contribution in [2.75, 3.05) is 26.9 Å². The molecule has 0 saturated heterocycles. The number of rotatable bonds is 8. The molecule has 100 valence electrons. The van der Waals surface area contributed by atoms with E-state index in [1.807, 2.05) is 0 Å². The number of nitrogens with one attached hydrogen (secondary N) is 1. The summed E-state index contributed by atoms with van der Waals surface area (Å²) in [5, 5.41) is 3.53. The quantitative estimate of drug-likeness (QED) is 0.739. The van der Waals surface area contributed by atoms with Gasteiger partial charge in [-0.3, -0.25) is 0 Å². The Morgan fingerprint density at radius 2 is 2.28 bits per heavy atom. The summed E-state index contributed by atoms with van der Waals surface area (Å²) < 4.78 is 23.5. The molecular formula is C13H17ClFNO2. The van der Waals surface area contributed by atoms with Crippen molar-refractivity contribution in [3.8, 4) is 5.75 Å². The van der Waals surface area contributed by atoms with Crippen molar-refractivity contribution in [2.24, 2.45) is 0 Å². The van der Waals surface area contributed by atoms with Gasteiger partial charge in [0.15, 0.2) is 0 Å². The first kappa shape index (κ1) is 15.0. The van der Waals surface area contributed by atoms with Crippen LogP contribution in [0.1, 0.15) is 5.56 Å². The number of hydrogen-bond acceptors (Lipinski definition) is 3. The van der Waals surface area contributed by atoms with Crippen molar-refractivity contribution in [2.45, 2.75) is 6.54 Å². The summed E-state index contributed by atoms with van der Waals surface area (Å²) >= 11 is 5.63. The molecule has 0 amide bonds. The summed E-state index contributed by atoms with van der Waals surface area (Å²) in [6, 6.07) is 4.37. The predicted molar refractivity (Wildman–Crippen MR) is 70.5 cm³/mol. The Morgan fingerprint density at radius 1 is 1.50 bits per heavy atom. The highest BCUT2D eigenvalue weighted by Gasteiger charge is 2.05. The van der Waals surface area contributed by atoms with E-state index in [-0.39, 0.29) is 12.4 Å². The minimum Gasteiger partial charge on any atom is -0.488 e. The summed E-state index contributed by atoms with van der Waals surface area (Å²) in [6.45, 7) is 5.54. The maximum atomic E-state index is 13.2. The third-order valence-corrected chi connectivity index (χ3v) is 2.31. The zero-order valence-corrected chi connectivity index (χ0v) is 11.1. The molecule has 0 heterocycles. The van der Waals surface area contributed by atoms with Gasteiger partial charge in [-0.25, -0.2) is 4.39 Å². The molecule has 5 heteroatoms. The Balaban J connectivity index is 2.61. The van der Waals surface area contributed by atoms with Gasteiger partial charge in [0.05, 0.1) is 6.61 Å². The molecule has 0 spiro atoms. The largest absolute Gasteiger partial charge is 0.488 e. The number of ether oxygens (including phenoxy) is 2. The molecule has 0 aliphatic carbocycles. The predicted octanol–water partition coefficient (Wildman–Crippen LogP) is 2.69. The van der Waals surface area contributed by atoms with Crippen LogP contribution in [0.25, 0.3) is 0 Å². The summed E-state index contributed by atoms with van der Waals surface area (Å²) in [5.41, 5.74) is 0.740. The van der Waals surface area contributed by atoms with Gasteiger partial charge in [-0.15, -0.1) is 0 Å². The number of hydrogen-bond donors (Lipinski definition) is 1. The molecule has 1 rings (SSSR count). The fraction of sp³-hybridized carbons (Fsp3) is 0.385. The van der Waals surface area contributed by atoms with E-state index >= 15 is 0 Å². The lowest BCUT2D eigenvalue weighted by Crippen LogP contribution is -2.19. The van der Waals surface area contributed by atoms with Crippen molar-refractivity contribution in [1.29, 1.82) is 0 Å². The standard InChI is InChI=1S/C13H17ClFNO2/c1-10(14)9-18-13-4-3-12(15)7-11(13)8-16-5-6-17-2/h3-4,7,16H,1,5-6,8-9H2,2H3. The molecule has 0 unspecified atom stereocenters. The van der Waals surface area contributed by atoms with Gasteiger partial charge in [-0.1, -0.05) is 18.2 Å².